The first-order valence-corrected chi connectivity index (χ1v) is 12.3. The smallest absolute Gasteiger partial charge is 0.272 e. The van der Waals surface area contributed by atoms with Crippen LogP contribution in [0.3, 0.4) is 0 Å². The van der Waals surface area contributed by atoms with Crippen LogP contribution in [0.5, 0.6) is 0 Å². The van der Waals surface area contributed by atoms with Crippen LogP contribution in [-0.2, 0) is 4.79 Å². The number of H-pyrrole nitrogens is 1. The van der Waals surface area contributed by atoms with Crippen molar-refractivity contribution in [2.45, 2.75) is 76.8 Å². The molecule has 1 amide bonds. The first kappa shape index (κ1) is 21.4. The minimum atomic E-state index is -0.0606. The third-order valence-electron chi connectivity index (χ3n) is 7.65. The molecule has 0 spiro atoms. The van der Waals surface area contributed by atoms with E-state index in [1.165, 1.54) is 0 Å². The maximum absolute atomic E-state index is 13.0. The monoisotopic (exact) mass is 437 g/mol. The first-order valence-electron chi connectivity index (χ1n) is 12.3. The number of hydrogen-bond donors (Lipinski definition) is 1. The van der Waals surface area contributed by atoms with E-state index < -0.39 is 0 Å². The van der Waals surface area contributed by atoms with E-state index in [-0.39, 0.29) is 17.5 Å². The number of hydrogen-bond acceptors (Lipinski definition) is 4. The Morgan fingerprint density at radius 3 is 2.69 bits per heavy atom. The van der Waals surface area contributed by atoms with Gasteiger partial charge in [-0.25, -0.2) is 9.50 Å². The Kier molecular flexibility index (Phi) is 5.93. The lowest BCUT2D eigenvalue weighted by Gasteiger charge is -2.34. The Morgan fingerprint density at radius 1 is 1.16 bits per heavy atom. The number of allylic oxidation sites excluding steroid dienone is 2. The molecule has 0 bridgehead atoms. The highest BCUT2D eigenvalue weighted by atomic mass is 16.2. The number of fused-ring (bicyclic) bond motifs is 1. The van der Waals surface area contributed by atoms with Crippen molar-refractivity contribution in [2.24, 2.45) is 5.92 Å². The van der Waals surface area contributed by atoms with E-state index in [0.29, 0.717) is 29.9 Å². The van der Waals surface area contributed by atoms with Crippen LogP contribution in [0.25, 0.3) is 5.65 Å². The van der Waals surface area contributed by atoms with Crippen molar-refractivity contribution in [3.05, 3.63) is 46.0 Å². The second-order valence-electron chi connectivity index (χ2n) is 10.0. The minimum Gasteiger partial charge on any atom is -0.334 e. The van der Waals surface area contributed by atoms with Gasteiger partial charge in [-0.05, 0) is 71.4 Å². The standard InChI is InChI=1S/C25H35N5O2/c1-17(2)28-12-9-19(10-13-28)20-16-25(32)30-23(26-20)15-21(27-30)22-8-5-11-29(22)24(31)14-18-6-3-4-7-18/h3,6,15-19,22,27H,4-5,7-14H2,1-2H3/t18-,22+/m0/s1. The molecule has 5 rings (SSSR count). The van der Waals surface area contributed by atoms with E-state index in [2.05, 4.69) is 36.0 Å². The van der Waals surface area contributed by atoms with Gasteiger partial charge in [0, 0.05) is 37.1 Å². The molecule has 0 aromatic carbocycles. The fourth-order valence-corrected chi connectivity index (χ4v) is 5.72. The summed E-state index contributed by atoms with van der Waals surface area (Å²) in [5.41, 5.74) is 2.45. The molecule has 7 nitrogen and oxygen atoms in total. The first-order chi connectivity index (χ1) is 15.5. The Hall–Kier alpha value is -2.41. The zero-order valence-corrected chi connectivity index (χ0v) is 19.3. The molecule has 4 heterocycles. The van der Waals surface area contributed by atoms with Gasteiger partial charge in [0.25, 0.3) is 5.56 Å². The van der Waals surface area contributed by atoms with Gasteiger partial charge >= 0.3 is 0 Å². The van der Waals surface area contributed by atoms with E-state index in [1.54, 1.807) is 10.6 Å². The van der Waals surface area contributed by atoms with E-state index in [1.807, 2.05) is 11.0 Å². The van der Waals surface area contributed by atoms with Crippen molar-refractivity contribution in [2.75, 3.05) is 19.6 Å². The molecule has 3 aliphatic rings. The van der Waals surface area contributed by atoms with Crippen molar-refractivity contribution < 1.29 is 4.79 Å². The number of nitrogens with zero attached hydrogens (tertiary/aromatic N) is 4. The normalized spacial score (nSPS) is 24.9. The maximum Gasteiger partial charge on any atom is 0.272 e. The Balaban J connectivity index is 1.35. The summed E-state index contributed by atoms with van der Waals surface area (Å²) in [5, 5.41) is 3.26. The van der Waals surface area contributed by atoms with Gasteiger partial charge in [0.15, 0.2) is 5.65 Å². The molecule has 2 saturated heterocycles. The van der Waals surface area contributed by atoms with Crippen LogP contribution in [0.15, 0.2) is 29.1 Å². The number of amides is 1. The average molecular weight is 438 g/mol. The van der Waals surface area contributed by atoms with Crippen LogP contribution in [0.4, 0.5) is 0 Å². The largest absolute Gasteiger partial charge is 0.334 e. The molecule has 7 heteroatoms. The SMILES string of the molecule is CC(C)N1CCC(c2cc(=O)n3[nH]c([C@H]4CCCN4C(=O)C[C@H]4C=CCC4)cc3n2)CC1. The van der Waals surface area contributed by atoms with Crippen LogP contribution in [0.2, 0.25) is 0 Å². The molecule has 2 aromatic heterocycles. The number of nitrogens with one attached hydrogen (secondary N) is 1. The highest BCUT2D eigenvalue weighted by Gasteiger charge is 2.32. The summed E-state index contributed by atoms with van der Waals surface area (Å²) in [6.07, 6.45) is 11.1. The fourth-order valence-electron chi connectivity index (χ4n) is 5.72. The van der Waals surface area contributed by atoms with Crippen molar-refractivity contribution in [1.29, 1.82) is 0 Å². The van der Waals surface area contributed by atoms with E-state index in [4.69, 9.17) is 4.98 Å². The molecule has 2 aromatic rings. The lowest BCUT2D eigenvalue weighted by atomic mass is 9.92. The number of aromatic nitrogens is 3. The van der Waals surface area contributed by atoms with Crippen molar-refractivity contribution in [3.63, 3.8) is 0 Å². The van der Waals surface area contributed by atoms with Gasteiger partial charge in [0.1, 0.15) is 0 Å². The van der Waals surface area contributed by atoms with Gasteiger partial charge < -0.3 is 9.80 Å². The van der Waals surface area contributed by atoms with Gasteiger partial charge in [-0.15, -0.1) is 0 Å². The molecule has 2 fully saturated rings. The molecule has 32 heavy (non-hydrogen) atoms. The van der Waals surface area contributed by atoms with Crippen LogP contribution < -0.4 is 5.56 Å². The van der Waals surface area contributed by atoms with E-state index >= 15 is 0 Å². The van der Waals surface area contributed by atoms with Crippen molar-refractivity contribution in [3.8, 4) is 0 Å². The summed E-state index contributed by atoms with van der Waals surface area (Å²) in [6.45, 7) is 7.37. The van der Waals surface area contributed by atoms with Crippen LogP contribution in [-0.4, -0.2) is 56.0 Å². The Labute approximate surface area is 189 Å². The molecule has 0 radical (unpaired) electrons. The number of likely N-dealkylation sites (tertiary alicyclic amines) is 2. The number of carbonyl (C=O) groups is 1. The lowest BCUT2D eigenvalue weighted by Crippen LogP contribution is -2.38. The van der Waals surface area contributed by atoms with Crippen molar-refractivity contribution in [1.82, 2.24) is 24.4 Å². The molecule has 2 atom stereocenters. The molecule has 1 N–H and O–H groups in total. The predicted molar refractivity (Wildman–Crippen MR) is 125 cm³/mol. The van der Waals surface area contributed by atoms with Gasteiger partial charge in [-0.1, -0.05) is 12.2 Å². The average Bonchev–Trinajstić information content (AvgIpc) is 3.53. The van der Waals surface area contributed by atoms with Crippen LogP contribution >= 0.6 is 0 Å². The summed E-state index contributed by atoms with van der Waals surface area (Å²) in [6, 6.07) is 4.25. The topological polar surface area (TPSA) is 73.7 Å². The quantitative estimate of drug-likeness (QED) is 0.725. The maximum atomic E-state index is 13.0. The predicted octanol–water partition coefficient (Wildman–Crippen LogP) is 3.63. The number of piperidine rings is 1. The van der Waals surface area contributed by atoms with Gasteiger partial charge in [-0.2, -0.15) is 0 Å². The molecule has 172 valence electrons. The Bertz CT molecular complexity index is 1060. The molecule has 1 aliphatic carbocycles. The summed E-state index contributed by atoms with van der Waals surface area (Å²) < 4.78 is 1.54. The lowest BCUT2D eigenvalue weighted by molar-refractivity contribution is -0.132. The number of carbonyl (C=O) groups excluding carboxylic acids is 1. The second-order valence-corrected chi connectivity index (χ2v) is 10.0. The van der Waals surface area contributed by atoms with Gasteiger partial charge in [-0.3, -0.25) is 14.7 Å². The second kappa shape index (κ2) is 8.85. The minimum absolute atomic E-state index is 0.00622. The van der Waals surface area contributed by atoms with Crippen LogP contribution in [0.1, 0.15) is 82.1 Å². The summed E-state index contributed by atoms with van der Waals surface area (Å²) in [4.78, 5) is 35.2. The summed E-state index contributed by atoms with van der Waals surface area (Å²) >= 11 is 0. The zero-order valence-electron chi connectivity index (χ0n) is 19.3. The molecular formula is C25H35N5O2. The number of aromatic amines is 1. The zero-order chi connectivity index (χ0) is 22.2. The van der Waals surface area contributed by atoms with Crippen LogP contribution in [0, 0.1) is 5.92 Å². The highest BCUT2D eigenvalue weighted by molar-refractivity contribution is 5.77. The van der Waals surface area contributed by atoms with E-state index in [0.717, 1.165) is 69.5 Å². The molecular weight excluding hydrogens is 402 g/mol. The third kappa shape index (κ3) is 4.15. The highest BCUT2D eigenvalue weighted by Crippen LogP contribution is 2.34. The van der Waals surface area contributed by atoms with E-state index in [9.17, 15) is 9.59 Å². The summed E-state index contributed by atoms with van der Waals surface area (Å²) in [7, 11) is 0. The summed E-state index contributed by atoms with van der Waals surface area (Å²) in [5.74, 6) is 0.936. The Morgan fingerprint density at radius 2 is 1.97 bits per heavy atom. The fraction of sp³-hybridized carbons (Fsp3) is 0.640. The van der Waals surface area contributed by atoms with Gasteiger partial charge in [0.05, 0.1) is 17.4 Å². The molecule has 0 unspecified atom stereocenters. The number of rotatable bonds is 5. The van der Waals surface area contributed by atoms with Gasteiger partial charge in [0.2, 0.25) is 5.91 Å². The van der Waals surface area contributed by atoms with Crippen molar-refractivity contribution >= 4 is 11.6 Å². The third-order valence-corrected chi connectivity index (χ3v) is 7.65. The molecule has 0 saturated carbocycles. The molecule has 2 aliphatic heterocycles.